The van der Waals surface area contributed by atoms with E-state index in [1.165, 1.54) is 35.0 Å². The molecule has 0 aliphatic heterocycles. The summed E-state index contributed by atoms with van der Waals surface area (Å²) < 4.78 is 5.41. The zero-order valence-electron chi connectivity index (χ0n) is 10.3. The van der Waals surface area contributed by atoms with Gasteiger partial charge in [0.05, 0.1) is 12.4 Å². The molecule has 0 bridgehead atoms. The molecule has 1 N–H and O–H groups in total. The van der Waals surface area contributed by atoms with Gasteiger partial charge in [0.1, 0.15) is 0 Å². The number of urea groups is 1. The van der Waals surface area contributed by atoms with Gasteiger partial charge in [-0.25, -0.2) is 4.79 Å². The first-order valence-corrected chi connectivity index (χ1v) is 6.96. The number of carbonyl (C=O) groups excluding carboxylic acids is 2. The van der Waals surface area contributed by atoms with Crippen LogP contribution in [0.1, 0.15) is 6.92 Å². The Hall–Kier alpha value is -1.35. The lowest BCUT2D eigenvalue weighted by atomic mass is 10.8. The van der Waals surface area contributed by atoms with E-state index in [1.807, 2.05) is 0 Å². The predicted molar refractivity (Wildman–Crippen MR) is 70.1 cm³/mol. The summed E-state index contributed by atoms with van der Waals surface area (Å²) in [6.45, 7) is 2.12. The number of rotatable bonds is 5. The fraction of sp³-hybridized carbons (Fsp3) is 0.556. The fourth-order valence-corrected chi connectivity index (χ4v) is 2.57. The van der Waals surface area contributed by atoms with Crippen LogP contribution >= 0.6 is 23.1 Å². The van der Waals surface area contributed by atoms with E-state index in [9.17, 15) is 9.59 Å². The van der Waals surface area contributed by atoms with Gasteiger partial charge in [-0.3, -0.25) is 9.69 Å². The van der Waals surface area contributed by atoms with Crippen LogP contribution in [0.2, 0.25) is 0 Å². The summed E-state index contributed by atoms with van der Waals surface area (Å²) in [5.74, 6) is -0.106. The fourth-order valence-electron chi connectivity index (χ4n) is 0.974. The van der Waals surface area contributed by atoms with E-state index >= 15 is 0 Å². The lowest BCUT2D eigenvalue weighted by Gasteiger charge is -2.10. The van der Waals surface area contributed by atoms with Gasteiger partial charge in [0.15, 0.2) is 4.34 Å². The van der Waals surface area contributed by atoms with Crippen LogP contribution in [0.25, 0.3) is 0 Å². The predicted octanol–water partition coefficient (Wildman–Crippen LogP) is 0.969. The Balaban J connectivity index is 2.53. The standard InChI is InChI=1S/C9H14N4O3S2/c1-4-16-6(14)5-17-9-12-11-8(18-9)13(3)7(15)10-2/h4-5H2,1-3H3,(H,10,15). The van der Waals surface area contributed by atoms with Gasteiger partial charge in [-0.05, 0) is 6.92 Å². The molecular weight excluding hydrogens is 276 g/mol. The minimum absolute atomic E-state index is 0.187. The molecule has 2 amide bonds. The summed E-state index contributed by atoms with van der Waals surface area (Å²) in [5, 5.41) is 10.7. The van der Waals surface area contributed by atoms with E-state index in [0.29, 0.717) is 16.1 Å². The molecule has 100 valence electrons. The van der Waals surface area contributed by atoms with Crippen LogP contribution in [0, 0.1) is 0 Å². The molecule has 1 heterocycles. The number of amides is 2. The van der Waals surface area contributed by atoms with E-state index in [0.717, 1.165) is 0 Å². The van der Waals surface area contributed by atoms with Crippen molar-refractivity contribution in [3.63, 3.8) is 0 Å². The number of esters is 1. The van der Waals surface area contributed by atoms with Crippen LogP contribution in [0.15, 0.2) is 4.34 Å². The number of nitrogens with one attached hydrogen (secondary N) is 1. The number of nitrogens with zero attached hydrogens (tertiary/aromatic N) is 3. The summed E-state index contributed by atoms with van der Waals surface area (Å²) in [6.07, 6.45) is 0. The molecule has 0 aromatic carbocycles. The molecule has 0 fully saturated rings. The van der Waals surface area contributed by atoms with Crippen molar-refractivity contribution in [2.75, 3.05) is 31.4 Å². The third-order valence-electron chi connectivity index (χ3n) is 1.82. The summed E-state index contributed by atoms with van der Waals surface area (Å²) >= 11 is 2.48. The van der Waals surface area contributed by atoms with Gasteiger partial charge in [-0.1, -0.05) is 23.1 Å². The van der Waals surface area contributed by atoms with E-state index < -0.39 is 0 Å². The highest BCUT2D eigenvalue weighted by molar-refractivity contribution is 8.01. The Kier molecular flexibility index (Phi) is 5.86. The normalized spacial score (nSPS) is 9.94. The SMILES string of the molecule is CCOC(=O)CSc1nnc(N(C)C(=O)NC)s1. The van der Waals surface area contributed by atoms with Crippen LogP contribution in [0.4, 0.5) is 9.93 Å². The van der Waals surface area contributed by atoms with E-state index in [1.54, 1.807) is 14.0 Å². The molecule has 0 aliphatic carbocycles. The molecular formula is C9H14N4O3S2. The number of ether oxygens (including phenoxy) is 1. The van der Waals surface area contributed by atoms with Crippen molar-refractivity contribution in [1.29, 1.82) is 0 Å². The van der Waals surface area contributed by atoms with Crippen LogP contribution in [0.5, 0.6) is 0 Å². The van der Waals surface area contributed by atoms with Crippen LogP contribution < -0.4 is 10.2 Å². The monoisotopic (exact) mass is 290 g/mol. The summed E-state index contributed by atoms with van der Waals surface area (Å²) in [4.78, 5) is 23.8. The van der Waals surface area contributed by atoms with Crippen LogP contribution in [-0.2, 0) is 9.53 Å². The van der Waals surface area contributed by atoms with Crippen molar-refractivity contribution in [3.05, 3.63) is 0 Å². The van der Waals surface area contributed by atoms with Crippen molar-refractivity contribution in [2.24, 2.45) is 0 Å². The van der Waals surface area contributed by atoms with E-state index in [4.69, 9.17) is 4.74 Å². The Bertz CT molecular complexity index is 424. The third-order valence-corrected chi connectivity index (χ3v) is 3.93. The molecule has 0 saturated carbocycles. The molecule has 18 heavy (non-hydrogen) atoms. The lowest BCUT2D eigenvalue weighted by Crippen LogP contribution is -2.34. The van der Waals surface area contributed by atoms with Crippen molar-refractivity contribution >= 4 is 40.2 Å². The van der Waals surface area contributed by atoms with Crippen LogP contribution in [0.3, 0.4) is 0 Å². The maximum absolute atomic E-state index is 11.3. The average Bonchev–Trinajstić information content (AvgIpc) is 2.83. The number of hydrogen-bond acceptors (Lipinski definition) is 7. The van der Waals surface area contributed by atoms with Gasteiger partial charge in [-0.15, -0.1) is 10.2 Å². The zero-order chi connectivity index (χ0) is 13.5. The topological polar surface area (TPSA) is 84.4 Å². The first-order chi connectivity index (χ1) is 8.58. The van der Waals surface area contributed by atoms with Crippen LogP contribution in [-0.4, -0.2) is 48.7 Å². The Labute approximate surface area is 113 Å². The summed E-state index contributed by atoms with van der Waals surface area (Å²) in [7, 11) is 3.13. The average molecular weight is 290 g/mol. The first-order valence-electron chi connectivity index (χ1n) is 5.15. The quantitative estimate of drug-likeness (QED) is 0.494. The molecule has 0 spiro atoms. The number of anilines is 1. The van der Waals surface area contributed by atoms with Crippen molar-refractivity contribution in [3.8, 4) is 0 Å². The minimum Gasteiger partial charge on any atom is -0.465 e. The second-order valence-corrected chi connectivity index (χ2v) is 5.24. The van der Waals surface area contributed by atoms with Gasteiger partial charge in [0, 0.05) is 14.1 Å². The third kappa shape index (κ3) is 4.15. The maximum atomic E-state index is 11.3. The zero-order valence-corrected chi connectivity index (χ0v) is 11.9. The lowest BCUT2D eigenvalue weighted by molar-refractivity contribution is -0.139. The second kappa shape index (κ2) is 7.17. The maximum Gasteiger partial charge on any atom is 0.323 e. The van der Waals surface area contributed by atoms with Crippen molar-refractivity contribution in [2.45, 2.75) is 11.3 Å². The molecule has 0 radical (unpaired) electrons. The molecule has 0 saturated heterocycles. The second-order valence-electron chi connectivity index (χ2n) is 3.06. The molecule has 1 aromatic heterocycles. The summed E-state index contributed by atoms with van der Waals surface area (Å²) in [6, 6.07) is -0.270. The smallest absolute Gasteiger partial charge is 0.323 e. The van der Waals surface area contributed by atoms with Gasteiger partial charge in [0.25, 0.3) is 0 Å². The molecule has 1 rings (SSSR count). The van der Waals surface area contributed by atoms with E-state index in [-0.39, 0.29) is 17.8 Å². The highest BCUT2D eigenvalue weighted by atomic mass is 32.2. The van der Waals surface area contributed by atoms with Crippen molar-refractivity contribution < 1.29 is 14.3 Å². The van der Waals surface area contributed by atoms with Gasteiger partial charge >= 0.3 is 12.0 Å². The highest BCUT2D eigenvalue weighted by Gasteiger charge is 2.15. The van der Waals surface area contributed by atoms with Gasteiger partial charge < -0.3 is 10.1 Å². The minimum atomic E-state index is -0.293. The van der Waals surface area contributed by atoms with E-state index in [2.05, 4.69) is 15.5 Å². The molecule has 9 heteroatoms. The molecule has 1 aromatic rings. The number of aromatic nitrogens is 2. The summed E-state index contributed by atoms with van der Waals surface area (Å²) in [5.41, 5.74) is 0. The molecule has 0 atom stereocenters. The number of carbonyl (C=O) groups is 2. The Morgan fingerprint density at radius 3 is 2.83 bits per heavy atom. The molecule has 7 nitrogen and oxygen atoms in total. The Morgan fingerprint density at radius 2 is 2.22 bits per heavy atom. The number of hydrogen-bond donors (Lipinski definition) is 1. The number of thioether (sulfide) groups is 1. The molecule has 0 unspecified atom stereocenters. The van der Waals surface area contributed by atoms with Gasteiger partial charge in [-0.2, -0.15) is 0 Å². The highest BCUT2D eigenvalue weighted by Crippen LogP contribution is 2.27. The Morgan fingerprint density at radius 1 is 1.50 bits per heavy atom. The largest absolute Gasteiger partial charge is 0.465 e. The van der Waals surface area contributed by atoms with Crippen molar-refractivity contribution in [1.82, 2.24) is 15.5 Å². The van der Waals surface area contributed by atoms with Gasteiger partial charge in [0.2, 0.25) is 5.13 Å². The first kappa shape index (κ1) is 14.7. The molecule has 0 aliphatic rings.